The van der Waals surface area contributed by atoms with Crippen molar-refractivity contribution in [3.8, 4) is 0 Å². The standard InChI is InChI=1S/C18H27N3S/c1-2-11-21-16-9-6-10-17(21)13-15(12-16)20-18(22)19-14-7-4-3-5-8-14/h3-5,7-8,15-17H,2,6,9-13H2,1H3,(H2,19,20,22)/t15?,16-,17+. The molecule has 3 rings (SSSR count). The molecule has 22 heavy (non-hydrogen) atoms. The summed E-state index contributed by atoms with van der Waals surface area (Å²) in [6.45, 7) is 3.55. The number of thiocarbonyl (C=S) groups is 1. The van der Waals surface area contributed by atoms with Crippen LogP contribution in [0.3, 0.4) is 0 Å². The number of piperidine rings is 2. The van der Waals surface area contributed by atoms with Gasteiger partial charge in [-0.25, -0.2) is 0 Å². The molecule has 2 saturated heterocycles. The first-order valence-electron chi connectivity index (χ1n) is 8.64. The third kappa shape index (κ3) is 3.79. The Kier molecular flexibility index (Phi) is 5.32. The van der Waals surface area contributed by atoms with Crippen LogP contribution in [-0.4, -0.2) is 34.7 Å². The van der Waals surface area contributed by atoms with Gasteiger partial charge in [0.05, 0.1) is 0 Å². The zero-order chi connectivity index (χ0) is 15.4. The van der Waals surface area contributed by atoms with Crippen molar-refractivity contribution in [2.45, 2.75) is 63.6 Å². The molecule has 1 aromatic rings. The Balaban J connectivity index is 1.55. The Morgan fingerprint density at radius 1 is 1.18 bits per heavy atom. The molecule has 2 aliphatic rings. The molecule has 3 nitrogen and oxygen atoms in total. The quantitative estimate of drug-likeness (QED) is 0.827. The number of nitrogens with zero attached hydrogens (tertiary/aromatic N) is 1. The average Bonchev–Trinajstić information content (AvgIpc) is 2.49. The van der Waals surface area contributed by atoms with Gasteiger partial charge in [-0.2, -0.15) is 0 Å². The van der Waals surface area contributed by atoms with E-state index in [-0.39, 0.29) is 0 Å². The molecule has 2 aliphatic heterocycles. The zero-order valence-corrected chi connectivity index (χ0v) is 14.2. The summed E-state index contributed by atoms with van der Waals surface area (Å²) in [5.74, 6) is 0. The smallest absolute Gasteiger partial charge is 0.170 e. The van der Waals surface area contributed by atoms with Gasteiger partial charge < -0.3 is 10.6 Å². The molecule has 4 heteroatoms. The van der Waals surface area contributed by atoms with Crippen molar-refractivity contribution < 1.29 is 0 Å². The van der Waals surface area contributed by atoms with Gasteiger partial charge in [-0.3, -0.25) is 4.90 Å². The van der Waals surface area contributed by atoms with Crippen molar-refractivity contribution in [3.63, 3.8) is 0 Å². The molecule has 0 spiro atoms. The van der Waals surface area contributed by atoms with Gasteiger partial charge in [0.2, 0.25) is 0 Å². The molecule has 1 unspecified atom stereocenters. The normalized spacial score (nSPS) is 28.1. The van der Waals surface area contributed by atoms with Crippen LogP contribution in [0.1, 0.15) is 45.4 Å². The van der Waals surface area contributed by atoms with Crippen LogP contribution in [0.4, 0.5) is 5.69 Å². The summed E-state index contributed by atoms with van der Waals surface area (Å²) in [7, 11) is 0. The molecular formula is C18H27N3S. The average molecular weight is 318 g/mol. The first kappa shape index (κ1) is 15.8. The Morgan fingerprint density at radius 3 is 2.50 bits per heavy atom. The van der Waals surface area contributed by atoms with Gasteiger partial charge >= 0.3 is 0 Å². The number of hydrogen-bond donors (Lipinski definition) is 2. The maximum Gasteiger partial charge on any atom is 0.170 e. The Bertz CT molecular complexity index is 476. The topological polar surface area (TPSA) is 27.3 Å². The highest BCUT2D eigenvalue weighted by Gasteiger charge is 2.37. The van der Waals surface area contributed by atoms with Crippen molar-refractivity contribution in [2.75, 3.05) is 11.9 Å². The van der Waals surface area contributed by atoms with Crippen LogP contribution < -0.4 is 10.6 Å². The fraction of sp³-hybridized carbons (Fsp3) is 0.611. The molecule has 0 amide bonds. The van der Waals surface area contributed by atoms with Crippen LogP contribution in [0.15, 0.2) is 30.3 Å². The molecular weight excluding hydrogens is 290 g/mol. The van der Waals surface area contributed by atoms with Gasteiger partial charge in [-0.05, 0) is 63.0 Å². The van der Waals surface area contributed by atoms with Crippen molar-refractivity contribution in [3.05, 3.63) is 30.3 Å². The minimum atomic E-state index is 0.520. The van der Waals surface area contributed by atoms with Crippen LogP contribution in [0, 0.1) is 0 Å². The lowest BCUT2D eigenvalue weighted by molar-refractivity contribution is 0.0284. The summed E-state index contributed by atoms with van der Waals surface area (Å²) in [6.07, 6.45) is 7.83. The van der Waals surface area contributed by atoms with E-state index in [1.165, 1.54) is 45.1 Å². The van der Waals surface area contributed by atoms with Crippen LogP contribution in [0.25, 0.3) is 0 Å². The number of fused-ring (bicyclic) bond motifs is 2. The van der Waals surface area contributed by atoms with E-state index in [1.54, 1.807) is 0 Å². The molecule has 1 aromatic carbocycles. The van der Waals surface area contributed by atoms with E-state index < -0.39 is 0 Å². The summed E-state index contributed by atoms with van der Waals surface area (Å²) in [6, 6.07) is 12.2. The number of anilines is 1. The molecule has 120 valence electrons. The first-order valence-corrected chi connectivity index (χ1v) is 9.05. The van der Waals surface area contributed by atoms with Gasteiger partial charge in [0.25, 0.3) is 0 Å². The number of para-hydroxylation sites is 1. The van der Waals surface area contributed by atoms with Crippen molar-refractivity contribution in [1.82, 2.24) is 10.2 Å². The van der Waals surface area contributed by atoms with E-state index in [4.69, 9.17) is 12.2 Å². The third-order valence-corrected chi connectivity index (χ3v) is 5.19. The second kappa shape index (κ2) is 7.42. The van der Waals surface area contributed by atoms with Crippen LogP contribution >= 0.6 is 12.2 Å². The predicted octanol–water partition coefficient (Wildman–Crippen LogP) is 3.77. The Labute approximate surface area is 139 Å². The predicted molar refractivity (Wildman–Crippen MR) is 97.2 cm³/mol. The van der Waals surface area contributed by atoms with Crippen molar-refractivity contribution in [2.24, 2.45) is 0 Å². The van der Waals surface area contributed by atoms with Gasteiger partial charge in [0.15, 0.2) is 5.11 Å². The molecule has 0 radical (unpaired) electrons. The first-order chi connectivity index (χ1) is 10.8. The minimum absolute atomic E-state index is 0.520. The number of benzene rings is 1. The molecule has 2 fully saturated rings. The van der Waals surface area contributed by atoms with Crippen molar-refractivity contribution in [1.29, 1.82) is 0 Å². The van der Waals surface area contributed by atoms with E-state index >= 15 is 0 Å². The maximum absolute atomic E-state index is 5.49. The maximum atomic E-state index is 5.49. The van der Waals surface area contributed by atoms with E-state index in [1.807, 2.05) is 30.3 Å². The Hall–Kier alpha value is -1.13. The van der Waals surface area contributed by atoms with Crippen LogP contribution in [-0.2, 0) is 0 Å². The third-order valence-electron chi connectivity index (χ3n) is 4.97. The number of rotatable bonds is 4. The number of nitrogens with one attached hydrogen (secondary N) is 2. The lowest BCUT2D eigenvalue weighted by atomic mass is 9.81. The fourth-order valence-corrected chi connectivity index (χ4v) is 4.38. The zero-order valence-electron chi connectivity index (χ0n) is 13.4. The minimum Gasteiger partial charge on any atom is -0.360 e. The highest BCUT2D eigenvalue weighted by molar-refractivity contribution is 7.80. The highest BCUT2D eigenvalue weighted by atomic mass is 32.1. The van der Waals surface area contributed by atoms with Gasteiger partial charge in [-0.1, -0.05) is 31.5 Å². The molecule has 0 aromatic heterocycles. The van der Waals surface area contributed by atoms with Gasteiger partial charge in [0.1, 0.15) is 0 Å². The largest absolute Gasteiger partial charge is 0.360 e. The van der Waals surface area contributed by atoms with Gasteiger partial charge in [0, 0.05) is 23.8 Å². The summed E-state index contributed by atoms with van der Waals surface area (Å²) >= 11 is 5.49. The lowest BCUT2D eigenvalue weighted by Crippen LogP contribution is -2.57. The van der Waals surface area contributed by atoms with E-state index in [0.717, 1.165) is 22.9 Å². The second-order valence-corrected chi connectivity index (χ2v) is 7.02. The molecule has 2 N–H and O–H groups in total. The molecule has 3 atom stereocenters. The van der Waals surface area contributed by atoms with Gasteiger partial charge in [-0.15, -0.1) is 0 Å². The molecule has 0 saturated carbocycles. The molecule has 0 aliphatic carbocycles. The van der Waals surface area contributed by atoms with Crippen LogP contribution in [0.2, 0.25) is 0 Å². The summed E-state index contributed by atoms with van der Waals surface area (Å²) in [5.41, 5.74) is 1.06. The number of hydrogen-bond acceptors (Lipinski definition) is 2. The monoisotopic (exact) mass is 317 g/mol. The SMILES string of the molecule is CCCN1[C@@H]2CCC[C@H]1CC(NC(=S)Nc1ccccc1)C2. The van der Waals surface area contributed by atoms with E-state index in [0.29, 0.717) is 6.04 Å². The highest BCUT2D eigenvalue weighted by Crippen LogP contribution is 2.34. The summed E-state index contributed by atoms with van der Waals surface area (Å²) in [5, 5.41) is 7.61. The molecule has 2 bridgehead atoms. The molecule has 2 heterocycles. The van der Waals surface area contributed by atoms with Crippen LogP contribution in [0.5, 0.6) is 0 Å². The fourth-order valence-electron chi connectivity index (χ4n) is 4.09. The lowest BCUT2D eigenvalue weighted by Gasteiger charge is -2.49. The van der Waals surface area contributed by atoms with E-state index in [9.17, 15) is 0 Å². The van der Waals surface area contributed by atoms with Crippen molar-refractivity contribution >= 4 is 23.0 Å². The second-order valence-electron chi connectivity index (χ2n) is 6.61. The summed E-state index contributed by atoms with van der Waals surface area (Å²) in [4.78, 5) is 2.76. The Morgan fingerprint density at radius 2 is 1.86 bits per heavy atom. The van der Waals surface area contributed by atoms with E-state index in [2.05, 4.69) is 22.5 Å². The summed E-state index contributed by atoms with van der Waals surface area (Å²) < 4.78 is 0.